The maximum atomic E-state index is 10.6. The minimum atomic E-state index is -0.338. The lowest BCUT2D eigenvalue weighted by atomic mass is 10.6. The van der Waals surface area contributed by atoms with E-state index in [2.05, 4.69) is 11.3 Å². The number of hydrogen-bond donors (Lipinski definition) is 0. The molecule has 0 aromatic rings. The van der Waals surface area contributed by atoms with Crippen LogP contribution in [0.1, 0.15) is 0 Å². The lowest BCUT2D eigenvalue weighted by molar-refractivity contribution is 0.137. The summed E-state index contributed by atoms with van der Waals surface area (Å²) in [5, 5.41) is 0. The topological polar surface area (TPSA) is 29.5 Å². The van der Waals surface area contributed by atoms with Crippen molar-refractivity contribution in [2.45, 2.75) is 0 Å². The Morgan fingerprint density at radius 1 is 1.89 bits per heavy atom. The van der Waals surface area contributed by atoms with Crippen LogP contribution in [0.15, 0.2) is 12.7 Å². The van der Waals surface area contributed by atoms with Crippen molar-refractivity contribution >= 4 is 6.09 Å². The van der Waals surface area contributed by atoms with Gasteiger partial charge in [0.2, 0.25) is 0 Å². The van der Waals surface area contributed by atoms with Crippen molar-refractivity contribution in [3.63, 3.8) is 0 Å². The highest BCUT2D eigenvalue weighted by atomic mass is 16.5. The lowest BCUT2D eigenvalue weighted by Crippen LogP contribution is -2.26. The molecule has 3 heteroatoms. The van der Waals surface area contributed by atoms with Gasteiger partial charge < -0.3 is 9.64 Å². The Kier molecular flexibility index (Phi) is 3.51. The number of nitrogens with zero attached hydrogens (tertiary/aromatic N) is 1. The molecular formula is C6H11NO2. The van der Waals surface area contributed by atoms with Gasteiger partial charge in [-0.3, -0.25) is 0 Å². The molecule has 1 amide bonds. The van der Waals surface area contributed by atoms with Crippen LogP contribution in [0.4, 0.5) is 4.79 Å². The quantitative estimate of drug-likeness (QED) is 0.518. The number of methoxy groups -OCH3 is 1. The first-order valence-electron chi connectivity index (χ1n) is 2.62. The zero-order valence-electron chi connectivity index (χ0n) is 5.76. The Morgan fingerprint density at radius 3 is 2.78 bits per heavy atom. The summed E-state index contributed by atoms with van der Waals surface area (Å²) >= 11 is 0. The molecule has 0 saturated carbocycles. The molecule has 0 N–H and O–H groups in total. The van der Waals surface area contributed by atoms with Crippen LogP contribution in [0.2, 0.25) is 0 Å². The fraction of sp³-hybridized carbons (Fsp3) is 0.500. The highest BCUT2D eigenvalue weighted by molar-refractivity contribution is 5.67. The SMILES string of the molecule is C=CCN(C)C(=O)OC. The van der Waals surface area contributed by atoms with E-state index in [-0.39, 0.29) is 6.09 Å². The van der Waals surface area contributed by atoms with E-state index in [9.17, 15) is 4.79 Å². The van der Waals surface area contributed by atoms with Crippen LogP contribution in [0.5, 0.6) is 0 Å². The second-order valence-electron chi connectivity index (χ2n) is 1.64. The van der Waals surface area contributed by atoms with Gasteiger partial charge in [-0.2, -0.15) is 0 Å². The highest BCUT2D eigenvalue weighted by Gasteiger charge is 2.03. The molecule has 52 valence electrons. The smallest absolute Gasteiger partial charge is 0.409 e. The van der Waals surface area contributed by atoms with Gasteiger partial charge in [0.15, 0.2) is 0 Å². The molecule has 0 saturated heterocycles. The van der Waals surface area contributed by atoms with Gasteiger partial charge in [-0.25, -0.2) is 4.79 Å². The minimum Gasteiger partial charge on any atom is -0.453 e. The molecule has 0 aliphatic heterocycles. The Morgan fingerprint density at radius 2 is 2.44 bits per heavy atom. The van der Waals surface area contributed by atoms with Gasteiger partial charge in [-0.05, 0) is 0 Å². The highest BCUT2D eigenvalue weighted by Crippen LogP contribution is 1.86. The van der Waals surface area contributed by atoms with E-state index < -0.39 is 0 Å². The number of ether oxygens (including phenoxy) is 1. The number of carbonyl (C=O) groups is 1. The molecule has 0 rings (SSSR count). The Bertz CT molecular complexity index is 112. The first-order chi connectivity index (χ1) is 4.22. The molecule has 0 spiro atoms. The zero-order valence-corrected chi connectivity index (χ0v) is 5.76. The Labute approximate surface area is 54.9 Å². The molecule has 0 aliphatic carbocycles. The number of rotatable bonds is 2. The summed E-state index contributed by atoms with van der Waals surface area (Å²) in [7, 11) is 3.00. The molecule has 3 nitrogen and oxygen atoms in total. The molecule has 0 bridgehead atoms. The summed E-state index contributed by atoms with van der Waals surface area (Å²) in [5.74, 6) is 0. The predicted molar refractivity (Wildman–Crippen MR) is 35.2 cm³/mol. The minimum absolute atomic E-state index is 0.338. The maximum Gasteiger partial charge on any atom is 0.409 e. The second kappa shape index (κ2) is 3.95. The molecule has 0 fully saturated rings. The molecule has 0 unspecified atom stereocenters. The summed E-state index contributed by atoms with van der Waals surface area (Å²) in [6.07, 6.45) is 1.30. The normalized spacial score (nSPS) is 8.22. The van der Waals surface area contributed by atoms with Gasteiger partial charge in [-0.15, -0.1) is 6.58 Å². The summed E-state index contributed by atoms with van der Waals surface area (Å²) in [5.41, 5.74) is 0. The van der Waals surface area contributed by atoms with Crippen molar-refractivity contribution in [1.29, 1.82) is 0 Å². The van der Waals surface area contributed by atoms with Crippen molar-refractivity contribution in [2.24, 2.45) is 0 Å². The standard InChI is InChI=1S/C6H11NO2/c1-4-5-7(2)6(8)9-3/h4H,1,5H2,2-3H3. The first kappa shape index (κ1) is 8.01. The molecule has 0 heterocycles. The first-order valence-corrected chi connectivity index (χ1v) is 2.62. The van der Waals surface area contributed by atoms with Gasteiger partial charge >= 0.3 is 6.09 Å². The van der Waals surface area contributed by atoms with Crippen LogP contribution in [0, 0.1) is 0 Å². The van der Waals surface area contributed by atoms with Crippen LogP contribution in [-0.2, 0) is 4.74 Å². The van der Waals surface area contributed by atoms with Gasteiger partial charge in [0, 0.05) is 13.6 Å². The van der Waals surface area contributed by atoms with Crippen molar-refractivity contribution in [3.8, 4) is 0 Å². The number of carbonyl (C=O) groups excluding carboxylic acids is 1. The second-order valence-corrected chi connectivity index (χ2v) is 1.64. The van der Waals surface area contributed by atoms with Gasteiger partial charge in [0.25, 0.3) is 0 Å². The molecule has 9 heavy (non-hydrogen) atoms. The van der Waals surface area contributed by atoms with Crippen molar-refractivity contribution in [3.05, 3.63) is 12.7 Å². The average Bonchev–Trinajstić information content (AvgIpc) is 1.87. The zero-order chi connectivity index (χ0) is 7.28. The van der Waals surface area contributed by atoms with E-state index in [4.69, 9.17) is 0 Å². The fourth-order valence-corrected chi connectivity index (χ4v) is 0.424. The van der Waals surface area contributed by atoms with Crippen LogP contribution in [-0.4, -0.2) is 31.7 Å². The third-order valence-electron chi connectivity index (χ3n) is 0.889. The molecule has 0 aromatic heterocycles. The van der Waals surface area contributed by atoms with E-state index >= 15 is 0 Å². The third-order valence-corrected chi connectivity index (χ3v) is 0.889. The van der Waals surface area contributed by atoms with Crippen LogP contribution < -0.4 is 0 Å². The van der Waals surface area contributed by atoms with E-state index in [1.165, 1.54) is 12.0 Å². The number of hydrogen-bond acceptors (Lipinski definition) is 2. The third kappa shape index (κ3) is 2.74. The molecule has 0 radical (unpaired) electrons. The van der Waals surface area contributed by atoms with Crippen molar-refractivity contribution in [1.82, 2.24) is 4.90 Å². The van der Waals surface area contributed by atoms with Gasteiger partial charge in [0.05, 0.1) is 7.11 Å². The lowest BCUT2D eigenvalue weighted by Gasteiger charge is -2.11. The van der Waals surface area contributed by atoms with E-state index in [1.807, 2.05) is 0 Å². The Balaban J connectivity index is 3.58. The monoisotopic (exact) mass is 129 g/mol. The van der Waals surface area contributed by atoms with E-state index in [0.717, 1.165) is 0 Å². The number of amides is 1. The molecule has 0 atom stereocenters. The molecule has 0 aromatic carbocycles. The van der Waals surface area contributed by atoms with Gasteiger partial charge in [-0.1, -0.05) is 6.08 Å². The summed E-state index contributed by atoms with van der Waals surface area (Å²) < 4.78 is 4.40. The summed E-state index contributed by atoms with van der Waals surface area (Å²) in [6, 6.07) is 0. The Hall–Kier alpha value is -0.990. The van der Waals surface area contributed by atoms with E-state index in [0.29, 0.717) is 6.54 Å². The predicted octanol–water partition coefficient (Wildman–Crippen LogP) is 0.871. The van der Waals surface area contributed by atoms with Crippen molar-refractivity contribution in [2.75, 3.05) is 20.7 Å². The largest absolute Gasteiger partial charge is 0.453 e. The van der Waals surface area contributed by atoms with Gasteiger partial charge in [0.1, 0.15) is 0 Å². The maximum absolute atomic E-state index is 10.6. The fourth-order valence-electron chi connectivity index (χ4n) is 0.424. The van der Waals surface area contributed by atoms with E-state index in [1.54, 1.807) is 13.1 Å². The average molecular weight is 129 g/mol. The number of likely N-dealkylation sites (N-methyl/N-ethyl adjacent to an activating group) is 1. The van der Waals surface area contributed by atoms with Crippen LogP contribution >= 0.6 is 0 Å². The summed E-state index contributed by atoms with van der Waals surface area (Å²) in [4.78, 5) is 12.0. The van der Waals surface area contributed by atoms with Crippen LogP contribution in [0.3, 0.4) is 0 Å². The van der Waals surface area contributed by atoms with Crippen LogP contribution in [0.25, 0.3) is 0 Å². The molecular weight excluding hydrogens is 118 g/mol. The van der Waals surface area contributed by atoms with Crippen molar-refractivity contribution < 1.29 is 9.53 Å². The molecule has 0 aliphatic rings. The summed E-state index contributed by atoms with van der Waals surface area (Å²) in [6.45, 7) is 3.99.